The summed E-state index contributed by atoms with van der Waals surface area (Å²) in [7, 11) is 1.73. The average molecular weight is 527 g/mol. The molecule has 1 fully saturated rings. The number of rotatable bonds is 3. The van der Waals surface area contributed by atoms with Gasteiger partial charge in [0.25, 0.3) is 5.56 Å². The lowest BCUT2D eigenvalue weighted by molar-refractivity contribution is -0.861. The second-order valence-corrected chi connectivity index (χ2v) is 11.3. The normalized spacial score (nSPS) is 19.2. The molecule has 0 amide bonds. The maximum Gasteiger partial charge on any atom is 0.278 e. The van der Waals surface area contributed by atoms with Crippen molar-refractivity contribution in [3.05, 3.63) is 82.1 Å². The number of fused-ring (bicyclic) bond motifs is 6. The summed E-state index contributed by atoms with van der Waals surface area (Å²) in [5.41, 5.74) is 3.16. The van der Waals surface area contributed by atoms with Crippen LogP contribution in [0.3, 0.4) is 0 Å². The molecule has 0 saturated carbocycles. The molecule has 2 bridgehead atoms. The molecule has 0 radical (unpaired) electrons. The zero-order chi connectivity index (χ0) is 27.2. The number of quaternary nitrogens is 1. The summed E-state index contributed by atoms with van der Waals surface area (Å²) in [6.07, 6.45) is 7.64. The lowest BCUT2D eigenvalue weighted by Crippen LogP contribution is -2.53. The monoisotopic (exact) mass is 526 g/mol. The number of hydrogen-bond acceptors (Lipinski definition) is 7. The van der Waals surface area contributed by atoms with E-state index in [-0.39, 0.29) is 15.6 Å². The molecular formula is C29H34N8O2. The Kier molecular flexibility index (Phi) is 6.23. The van der Waals surface area contributed by atoms with Crippen LogP contribution in [0.4, 0.5) is 17.3 Å². The van der Waals surface area contributed by atoms with E-state index < -0.39 is 0 Å². The molecule has 0 aliphatic carbocycles. The third-order valence-corrected chi connectivity index (χ3v) is 7.88. The Hall–Kier alpha value is -4.02. The van der Waals surface area contributed by atoms with Crippen LogP contribution < -0.4 is 15.8 Å². The molecule has 39 heavy (non-hydrogen) atoms. The molecule has 5 heterocycles. The standard InChI is InChI=1S/C29H34N8O2/c1-29(2)14-5-4-6-15-35-27(38)23-20-30-28(33-26(23)36(35)25-9-7-8-24(29)32-25)31-21-10-12-22(13-11-21)34-16-18-37(3,39)19-17-34/h4,6-13,20H,5,14-19H2,1-3H3,(H,30,31,33)/b6-4-. The van der Waals surface area contributed by atoms with Crippen molar-refractivity contribution in [1.29, 1.82) is 0 Å². The Morgan fingerprint density at radius 3 is 2.56 bits per heavy atom. The van der Waals surface area contributed by atoms with Crippen molar-refractivity contribution in [1.82, 2.24) is 24.3 Å². The second kappa shape index (κ2) is 9.62. The largest absolute Gasteiger partial charge is 0.633 e. The maximum atomic E-state index is 13.4. The number of nitrogens with zero attached hydrogens (tertiary/aromatic N) is 7. The van der Waals surface area contributed by atoms with E-state index >= 15 is 0 Å². The quantitative estimate of drug-likeness (QED) is 0.243. The molecule has 1 saturated heterocycles. The lowest BCUT2D eigenvalue weighted by Gasteiger charge is -2.45. The molecule has 202 valence electrons. The van der Waals surface area contributed by atoms with E-state index in [0.29, 0.717) is 42.4 Å². The number of nitrogens with one attached hydrogen (secondary N) is 1. The Morgan fingerprint density at radius 2 is 1.79 bits per heavy atom. The number of allylic oxidation sites excluding steroid dienone is 2. The zero-order valence-electron chi connectivity index (χ0n) is 22.7. The van der Waals surface area contributed by atoms with Gasteiger partial charge in [-0.3, -0.25) is 4.79 Å². The molecule has 3 aromatic heterocycles. The number of benzene rings is 1. The van der Waals surface area contributed by atoms with Gasteiger partial charge in [0.15, 0.2) is 11.5 Å². The predicted octanol–water partition coefficient (Wildman–Crippen LogP) is 4.11. The molecule has 4 aromatic rings. The van der Waals surface area contributed by atoms with Gasteiger partial charge in [-0.15, -0.1) is 0 Å². The molecule has 0 atom stereocenters. The van der Waals surface area contributed by atoms with Crippen LogP contribution in [0, 0.1) is 5.21 Å². The SMILES string of the molecule is CC1(C)CC/C=C\Cn2c(=O)c3cnc(Nc4ccc(N5CC[N+](C)([O-])CC5)cc4)nc3n2-c2cccc1n2. The van der Waals surface area contributed by atoms with Crippen molar-refractivity contribution in [2.24, 2.45) is 0 Å². The van der Waals surface area contributed by atoms with Gasteiger partial charge in [0.2, 0.25) is 5.95 Å². The van der Waals surface area contributed by atoms with Gasteiger partial charge in [0.1, 0.15) is 5.39 Å². The van der Waals surface area contributed by atoms with E-state index in [9.17, 15) is 10.0 Å². The Bertz CT molecular complexity index is 1590. The van der Waals surface area contributed by atoms with Gasteiger partial charge in [0.05, 0.1) is 39.8 Å². The van der Waals surface area contributed by atoms with Crippen molar-refractivity contribution in [2.45, 2.75) is 38.6 Å². The van der Waals surface area contributed by atoms with Crippen molar-refractivity contribution in [2.75, 3.05) is 43.4 Å². The van der Waals surface area contributed by atoms with Crippen LogP contribution in [0.15, 0.2) is 65.6 Å². The summed E-state index contributed by atoms with van der Waals surface area (Å²) in [6, 6.07) is 14.0. The lowest BCUT2D eigenvalue weighted by atomic mass is 9.84. The molecule has 0 unspecified atom stereocenters. The summed E-state index contributed by atoms with van der Waals surface area (Å²) in [4.78, 5) is 29.8. The number of piperazine rings is 1. The molecule has 1 N–H and O–H groups in total. The van der Waals surface area contributed by atoms with E-state index in [1.807, 2.05) is 53.2 Å². The van der Waals surface area contributed by atoms with Gasteiger partial charge < -0.3 is 20.1 Å². The van der Waals surface area contributed by atoms with Crippen LogP contribution in [-0.2, 0) is 12.0 Å². The van der Waals surface area contributed by atoms with Crippen molar-refractivity contribution in [3.8, 4) is 5.82 Å². The molecule has 2 aliphatic rings. The highest BCUT2D eigenvalue weighted by atomic mass is 16.5. The van der Waals surface area contributed by atoms with Crippen LogP contribution in [-0.4, -0.2) is 62.2 Å². The molecular weight excluding hydrogens is 492 g/mol. The molecule has 6 rings (SSSR count). The first-order valence-electron chi connectivity index (χ1n) is 13.5. The molecule has 10 nitrogen and oxygen atoms in total. The van der Waals surface area contributed by atoms with E-state index in [4.69, 9.17) is 9.97 Å². The summed E-state index contributed by atoms with van der Waals surface area (Å²) >= 11 is 0. The predicted molar refractivity (Wildman–Crippen MR) is 154 cm³/mol. The first-order chi connectivity index (χ1) is 18.7. The van der Waals surface area contributed by atoms with Gasteiger partial charge in [-0.25, -0.2) is 19.3 Å². The third-order valence-electron chi connectivity index (χ3n) is 7.88. The highest BCUT2D eigenvalue weighted by Crippen LogP contribution is 2.29. The van der Waals surface area contributed by atoms with E-state index in [1.54, 1.807) is 17.9 Å². The maximum absolute atomic E-state index is 13.4. The van der Waals surface area contributed by atoms with Crippen LogP contribution in [0.1, 0.15) is 32.4 Å². The number of pyridine rings is 1. The number of aromatic nitrogens is 5. The molecule has 10 heteroatoms. The molecule has 1 aromatic carbocycles. The van der Waals surface area contributed by atoms with E-state index in [0.717, 1.165) is 43.0 Å². The third kappa shape index (κ3) is 4.93. The minimum atomic E-state index is -0.184. The van der Waals surface area contributed by atoms with Crippen molar-refractivity contribution < 1.29 is 4.65 Å². The van der Waals surface area contributed by atoms with Crippen LogP contribution in [0.5, 0.6) is 0 Å². The summed E-state index contributed by atoms with van der Waals surface area (Å²) in [6.45, 7) is 7.47. The average Bonchev–Trinajstić information content (AvgIpc) is 3.19. The fraction of sp³-hybridized carbons (Fsp3) is 0.379. The van der Waals surface area contributed by atoms with Gasteiger partial charge >= 0.3 is 0 Å². The minimum Gasteiger partial charge on any atom is -0.633 e. The first-order valence-corrected chi connectivity index (χ1v) is 13.5. The van der Waals surface area contributed by atoms with Gasteiger partial charge in [-0.05, 0) is 49.2 Å². The zero-order valence-corrected chi connectivity index (χ0v) is 22.7. The van der Waals surface area contributed by atoms with E-state index in [2.05, 4.69) is 35.1 Å². The fourth-order valence-electron chi connectivity index (χ4n) is 5.30. The first kappa shape index (κ1) is 25.3. The minimum absolute atomic E-state index is 0.103. The summed E-state index contributed by atoms with van der Waals surface area (Å²) in [5, 5.41) is 15.9. The number of hydroxylamine groups is 3. The summed E-state index contributed by atoms with van der Waals surface area (Å²) < 4.78 is 3.29. The molecule has 0 spiro atoms. The molecule has 2 aliphatic heterocycles. The van der Waals surface area contributed by atoms with Crippen molar-refractivity contribution >= 4 is 28.4 Å². The fourth-order valence-corrected chi connectivity index (χ4v) is 5.30. The van der Waals surface area contributed by atoms with Gasteiger partial charge in [-0.2, -0.15) is 4.98 Å². The number of anilines is 3. The van der Waals surface area contributed by atoms with Crippen LogP contribution >= 0.6 is 0 Å². The summed E-state index contributed by atoms with van der Waals surface area (Å²) in [5.74, 6) is 1.06. The van der Waals surface area contributed by atoms with Gasteiger partial charge in [0, 0.05) is 28.7 Å². The Balaban J connectivity index is 1.34. The smallest absolute Gasteiger partial charge is 0.278 e. The number of likely N-dealkylation sites (N-methyl/N-ethyl adjacent to an activating group) is 1. The highest BCUT2D eigenvalue weighted by molar-refractivity contribution is 5.77. The topological polar surface area (TPSA) is 104 Å². The van der Waals surface area contributed by atoms with E-state index in [1.165, 1.54) is 0 Å². The Labute approximate surface area is 227 Å². The highest BCUT2D eigenvalue weighted by Gasteiger charge is 2.25. The van der Waals surface area contributed by atoms with Crippen molar-refractivity contribution in [3.63, 3.8) is 0 Å². The number of hydrogen-bond donors (Lipinski definition) is 1. The van der Waals surface area contributed by atoms with Crippen LogP contribution in [0.25, 0.3) is 16.9 Å². The Morgan fingerprint density at radius 1 is 1.03 bits per heavy atom. The van der Waals surface area contributed by atoms with Gasteiger partial charge in [-0.1, -0.05) is 32.1 Å². The second-order valence-electron chi connectivity index (χ2n) is 11.3. The van der Waals surface area contributed by atoms with Crippen LogP contribution in [0.2, 0.25) is 0 Å².